The largest absolute Gasteiger partial charge is 0.481 e. The van der Waals surface area contributed by atoms with Crippen molar-refractivity contribution in [1.82, 2.24) is 36.9 Å². The average molecular weight is 924 g/mol. The fourth-order valence-electron chi connectivity index (χ4n) is 7.95. The number of fused-ring (bicyclic) bond motifs is 1. The van der Waals surface area contributed by atoms with Crippen LogP contribution in [0.5, 0.6) is 0 Å². The van der Waals surface area contributed by atoms with Gasteiger partial charge in [-0.25, -0.2) is 4.79 Å². The quantitative estimate of drug-likeness (QED) is 0.0458. The Morgan fingerprint density at radius 1 is 0.552 bits per heavy atom. The normalized spacial score (nSPS) is 14.5. The van der Waals surface area contributed by atoms with Crippen LogP contribution in [0.15, 0.2) is 91.1 Å². The van der Waals surface area contributed by atoms with Gasteiger partial charge in [-0.05, 0) is 53.4 Å². The van der Waals surface area contributed by atoms with E-state index < -0.39 is 102 Å². The molecule has 6 amide bonds. The van der Waals surface area contributed by atoms with Gasteiger partial charge in [0.05, 0.1) is 6.42 Å². The second kappa shape index (κ2) is 25.0. The van der Waals surface area contributed by atoms with Crippen molar-refractivity contribution in [2.45, 2.75) is 123 Å². The summed E-state index contributed by atoms with van der Waals surface area (Å²) >= 11 is 0. The minimum atomic E-state index is -1.72. The van der Waals surface area contributed by atoms with E-state index in [1.54, 1.807) is 44.3 Å². The molecule has 4 rings (SSSR count). The molecule has 0 unspecified atom stereocenters. The van der Waals surface area contributed by atoms with Gasteiger partial charge in [0.15, 0.2) is 0 Å². The number of benzene rings is 3. The molecule has 0 spiro atoms. The first kappa shape index (κ1) is 52.6. The Morgan fingerprint density at radius 3 is 1.49 bits per heavy atom. The zero-order chi connectivity index (χ0) is 49.4. The summed E-state index contributed by atoms with van der Waals surface area (Å²) < 4.78 is 0. The predicted octanol–water partition coefficient (Wildman–Crippen LogP) is 4.17. The lowest BCUT2D eigenvalue weighted by atomic mass is 9.84. The standard InChI is InChI=1S/C50H65N7O10/c1-8-30(6)43(48(64)54-38(24-29(4)5)46(62)56-40(50(66)67)25-34-27-51-36-22-16-15-21-35(34)36)57-47(63)39(26-41(59)60)53-45(61)37(23-28(2)3)55-49(65)44(52-31(7)58)42(32-17-11-9-12-18-32)33-19-13-10-14-20-33/h9-22,27-30,37-40,42-44,51H,8,23-26H2,1-7H3,(H,52,58)(H,53,61)(H,54,64)(H,55,65)(H,56,62)(H,57,63)(H,59,60)(H,66,67)/t30-,37-,38-,39-,40-,43-,44-/m0/s1. The maximum absolute atomic E-state index is 14.3. The molecule has 3 aromatic carbocycles. The minimum absolute atomic E-state index is 0.0465. The zero-order valence-electron chi connectivity index (χ0n) is 39.1. The summed E-state index contributed by atoms with van der Waals surface area (Å²) in [5.41, 5.74) is 2.90. The molecule has 1 heterocycles. The van der Waals surface area contributed by atoms with Crippen LogP contribution in [-0.4, -0.2) is 98.8 Å². The molecular weight excluding hydrogens is 859 g/mol. The molecule has 0 saturated carbocycles. The number of H-pyrrole nitrogens is 1. The molecule has 1 aromatic heterocycles. The number of hydrogen-bond acceptors (Lipinski definition) is 8. The molecule has 0 fully saturated rings. The van der Waals surface area contributed by atoms with Crippen molar-refractivity contribution in [3.63, 3.8) is 0 Å². The first-order chi connectivity index (χ1) is 31.8. The molecule has 360 valence electrons. The van der Waals surface area contributed by atoms with Gasteiger partial charge in [0, 0.05) is 36.4 Å². The van der Waals surface area contributed by atoms with Crippen molar-refractivity contribution >= 4 is 58.3 Å². The van der Waals surface area contributed by atoms with E-state index in [0.717, 1.165) is 10.9 Å². The molecule has 4 aromatic rings. The van der Waals surface area contributed by atoms with Gasteiger partial charge in [-0.3, -0.25) is 33.6 Å². The van der Waals surface area contributed by atoms with Crippen LogP contribution in [0, 0.1) is 17.8 Å². The third kappa shape index (κ3) is 15.5. The van der Waals surface area contributed by atoms with E-state index in [1.165, 1.54) is 6.92 Å². The van der Waals surface area contributed by atoms with Crippen LogP contribution in [0.4, 0.5) is 0 Å². The number of carbonyl (C=O) groups excluding carboxylic acids is 6. The Morgan fingerprint density at radius 2 is 1.01 bits per heavy atom. The number of para-hydroxylation sites is 1. The molecule has 7 atom stereocenters. The first-order valence-corrected chi connectivity index (χ1v) is 22.7. The van der Waals surface area contributed by atoms with E-state index in [2.05, 4.69) is 36.9 Å². The summed E-state index contributed by atoms with van der Waals surface area (Å²) in [6.45, 7) is 12.0. The number of nitrogens with one attached hydrogen (secondary N) is 7. The molecule has 0 radical (unpaired) electrons. The minimum Gasteiger partial charge on any atom is -0.481 e. The van der Waals surface area contributed by atoms with Crippen LogP contribution >= 0.6 is 0 Å². The molecule has 0 aliphatic carbocycles. The second-order valence-corrected chi connectivity index (χ2v) is 17.9. The summed E-state index contributed by atoms with van der Waals surface area (Å²) in [5, 5.41) is 36.7. The van der Waals surface area contributed by atoms with Crippen molar-refractivity contribution in [2.24, 2.45) is 17.8 Å². The van der Waals surface area contributed by atoms with Gasteiger partial charge in [-0.1, -0.05) is 127 Å². The van der Waals surface area contributed by atoms with Gasteiger partial charge < -0.3 is 47.1 Å². The van der Waals surface area contributed by atoms with Crippen molar-refractivity contribution in [3.8, 4) is 0 Å². The Balaban J connectivity index is 1.56. The summed E-state index contributed by atoms with van der Waals surface area (Å²) in [4.78, 5) is 111. The van der Waals surface area contributed by atoms with Gasteiger partial charge in [-0.2, -0.15) is 0 Å². The van der Waals surface area contributed by atoms with Crippen molar-refractivity contribution in [1.29, 1.82) is 0 Å². The van der Waals surface area contributed by atoms with E-state index in [9.17, 15) is 48.6 Å². The fourth-order valence-corrected chi connectivity index (χ4v) is 7.95. The van der Waals surface area contributed by atoms with Crippen molar-refractivity contribution < 1.29 is 48.6 Å². The Labute approximate surface area is 391 Å². The molecule has 0 aliphatic heterocycles. The number of hydrogen-bond donors (Lipinski definition) is 9. The molecule has 17 nitrogen and oxygen atoms in total. The van der Waals surface area contributed by atoms with Crippen molar-refractivity contribution in [2.75, 3.05) is 0 Å². The smallest absolute Gasteiger partial charge is 0.326 e. The summed E-state index contributed by atoms with van der Waals surface area (Å²) in [6.07, 6.45) is 1.27. The number of aromatic amines is 1. The van der Waals surface area contributed by atoms with Gasteiger partial charge in [0.2, 0.25) is 35.4 Å². The lowest BCUT2D eigenvalue weighted by Gasteiger charge is -2.31. The van der Waals surface area contributed by atoms with E-state index in [4.69, 9.17) is 0 Å². The maximum Gasteiger partial charge on any atom is 0.326 e. The Hall–Kier alpha value is -7.04. The summed E-state index contributed by atoms with van der Waals surface area (Å²) in [6, 6.07) is 17.3. The monoisotopic (exact) mass is 923 g/mol. The summed E-state index contributed by atoms with van der Waals surface area (Å²) in [5.74, 6) is -8.92. The Kier molecular flexibility index (Phi) is 19.6. The van der Waals surface area contributed by atoms with Gasteiger partial charge in [-0.15, -0.1) is 0 Å². The van der Waals surface area contributed by atoms with Crippen LogP contribution in [0.2, 0.25) is 0 Å². The van der Waals surface area contributed by atoms with Crippen LogP contribution in [0.25, 0.3) is 10.9 Å². The van der Waals surface area contributed by atoms with Gasteiger partial charge in [0.25, 0.3) is 0 Å². The molecule has 0 bridgehead atoms. The van der Waals surface area contributed by atoms with Crippen molar-refractivity contribution in [3.05, 3.63) is 108 Å². The highest BCUT2D eigenvalue weighted by molar-refractivity contribution is 5.98. The highest BCUT2D eigenvalue weighted by Gasteiger charge is 2.38. The summed E-state index contributed by atoms with van der Waals surface area (Å²) in [7, 11) is 0. The molecule has 9 N–H and O–H groups in total. The lowest BCUT2D eigenvalue weighted by molar-refractivity contribution is -0.142. The SMILES string of the molecule is CC[C@H](C)[C@H](NC(=O)[C@H](CC(=O)O)NC(=O)[C@H](CC(C)C)NC(=O)[C@@H](NC(C)=O)C(c1ccccc1)c1ccccc1)C(=O)N[C@@H](CC(C)C)C(=O)N[C@@H](Cc1c[nH]c2ccccc12)C(=O)O. The van der Waals surface area contributed by atoms with E-state index in [-0.39, 0.29) is 31.1 Å². The highest BCUT2D eigenvalue weighted by Crippen LogP contribution is 2.29. The Bertz CT molecular complexity index is 2290. The topological polar surface area (TPSA) is 265 Å². The molecule has 67 heavy (non-hydrogen) atoms. The van der Waals surface area contributed by atoms with Crippen LogP contribution < -0.4 is 31.9 Å². The molecule has 17 heteroatoms. The molecular formula is C50H65N7O10. The van der Waals surface area contributed by atoms with Crippen LogP contribution in [0.1, 0.15) is 96.8 Å². The average Bonchev–Trinajstić information content (AvgIpc) is 3.69. The molecule has 0 saturated heterocycles. The van der Waals surface area contributed by atoms with Crippen LogP contribution in [-0.2, 0) is 44.8 Å². The number of carboxylic acid groups (broad SMARTS) is 2. The number of aromatic nitrogens is 1. The predicted molar refractivity (Wildman–Crippen MR) is 252 cm³/mol. The van der Waals surface area contributed by atoms with Gasteiger partial charge in [0.1, 0.15) is 36.3 Å². The third-order valence-electron chi connectivity index (χ3n) is 11.5. The zero-order valence-corrected chi connectivity index (χ0v) is 39.1. The van der Waals surface area contributed by atoms with E-state index in [1.807, 2.05) is 88.4 Å². The van der Waals surface area contributed by atoms with Gasteiger partial charge >= 0.3 is 11.9 Å². The number of amides is 6. The third-order valence-corrected chi connectivity index (χ3v) is 11.5. The number of aliphatic carboxylic acids is 2. The maximum atomic E-state index is 14.3. The van der Waals surface area contributed by atoms with E-state index in [0.29, 0.717) is 23.1 Å². The number of carbonyl (C=O) groups is 8. The molecule has 0 aliphatic rings. The lowest BCUT2D eigenvalue weighted by Crippen LogP contribution is -2.61. The second-order valence-electron chi connectivity index (χ2n) is 17.9. The van der Waals surface area contributed by atoms with E-state index >= 15 is 0 Å². The number of rotatable bonds is 25. The highest BCUT2D eigenvalue weighted by atomic mass is 16.4. The number of carboxylic acids is 2. The fraction of sp³-hybridized carbons (Fsp3) is 0.440. The van der Waals surface area contributed by atoms with Crippen LogP contribution in [0.3, 0.4) is 0 Å². The first-order valence-electron chi connectivity index (χ1n) is 22.7.